The molecule has 1 heterocycles. The van der Waals surface area contributed by atoms with Crippen LogP contribution >= 0.6 is 0 Å². The van der Waals surface area contributed by atoms with Crippen LogP contribution < -0.4 is 5.43 Å². The van der Waals surface area contributed by atoms with E-state index >= 15 is 0 Å². The molecule has 1 N–H and O–H groups in total. The number of unbranched alkanes of at least 4 members (excludes halogenated alkanes) is 1. The monoisotopic (exact) mass is 340 g/mol. The van der Waals surface area contributed by atoms with Gasteiger partial charge in [0.15, 0.2) is 0 Å². The van der Waals surface area contributed by atoms with E-state index in [1.807, 2.05) is 0 Å². The van der Waals surface area contributed by atoms with E-state index in [0.717, 1.165) is 23.4 Å². The highest BCUT2D eigenvalue weighted by Gasteiger charge is 2.36. The van der Waals surface area contributed by atoms with Crippen molar-refractivity contribution in [3.05, 3.63) is 71.0 Å². The first-order chi connectivity index (χ1) is 12.1. The van der Waals surface area contributed by atoms with E-state index in [1.54, 1.807) is 36.4 Å². The number of benzene rings is 2. The van der Waals surface area contributed by atoms with Gasteiger partial charge in [-0.05, 0) is 49.1 Å². The van der Waals surface area contributed by atoms with Gasteiger partial charge in [-0.1, -0.05) is 24.3 Å². The van der Waals surface area contributed by atoms with Crippen molar-refractivity contribution in [2.75, 3.05) is 0 Å². The first-order valence-electron chi connectivity index (χ1n) is 8.08. The molecule has 0 bridgehead atoms. The van der Waals surface area contributed by atoms with Crippen molar-refractivity contribution in [1.29, 1.82) is 0 Å². The summed E-state index contributed by atoms with van der Waals surface area (Å²) in [6.45, 7) is 0. The van der Waals surface area contributed by atoms with Gasteiger partial charge >= 0.3 is 0 Å². The number of imide groups is 1. The number of halogens is 1. The fourth-order valence-electron chi connectivity index (χ4n) is 2.74. The Labute approximate surface area is 144 Å². The van der Waals surface area contributed by atoms with E-state index in [2.05, 4.69) is 5.43 Å². The first-order valence-corrected chi connectivity index (χ1v) is 8.08. The van der Waals surface area contributed by atoms with Gasteiger partial charge in [-0.3, -0.25) is 19.8 Å². The predicted octanol–water partition coefficient (Wildman–Crippen LogP) is 2.87. The molecule has 0 saturated carbocycles. The van der Waals surface area contributed by atoms with Crippen LogP contribution in [0.25, 0.3) is 0 Å². The summed E-state index contributed by atoms with van der Waals surface area (Å²) in [5.41, 5.74) is 3.97. The maximum absolute atomic E-state index is 12.8. The molecule has 5 nitrogen and oxygen atoms in total. The zero-order chi connectivity index (χ0) is 17.8. The minimum Gasteiger partial charge on any atom is -0.273 e. The standard InChI is InChI=1S/C19H17FN2O3/c20-14-11-9-13(10-12-14)5-1-4-8-17(23)21-22-18(24)15-6-2-3-7-16(15)19(22)25/h2-3,6-7,9-12H,1,4-5,8H2,(H,21,23). The number of hydrogen-bond acceptors (Lipinski definition) is 3. The van der Waals surface area contributed by atoms with Crippen LogP contribution in [-0.4, -0.2) is 22.7 Å². The zero-order valence-corrected chi connectivity index (χ0v) is 13.5. The SMILES string of the molecule is O=C(CCCCc1ccc(F)cc1)NN1C(=O)c2ccccc2C1=O. The van der Waals surface area contributed by atoms with Crippen LogP contribution in [0.4, 0.5) is 4.39 Å². The van der Waals surface area contributed by atoms with Gasteiger partial charge in [-0.25, -0.2) is 4.39 Å². The molecule has 6 heteroatoms. The molecule has 0 saturated heterocycles. The lowest BCUT2D eigenvalue weighted by molar-refractivity contribution is -0.124. The van der Waals surface area contributed by atoms with Crippen molar-refractivity contribution >= 4 is 17.7 Å². The average molecular weight is 340 g/mol. The van der Waals surface area contributed by atoms with Gasteiger partial charge in [-0.15, -0.1) is 0 Å². The van der Waals surface area contributed by atoms with Crippen LogP contribution in [0.5, 0.6) is 0 Å². The minimum atomic E-state index is -0.514. The number of amides is 3. The second kappa shape index (κ2) is 7.25. The predicted molar refractivity (Wildman–Crippen MR) is 89.0 cm³/mol. The third-order valence-corrected chi connectivity index (χ3v) is 4.06. The Hall–Kier alpha value is -3.02. The molecule has 0 aliphatic carbocycles. The molecule has 0 spiro atoms. The molecule has 3 rings (SSSR count). The van der Waals surface area contributed by atoms with Crippen molar-refractivity contribution in [3.8, 4) is 0 Å². The normalized spacial score (nSPS) is 13.1. The van der Waals surface area contributed by atoms with Crippen molar-refractivity contribution in [1.82, 2.24) is 10.4 Å². The summed E-state index contributed by atoms with van der Waals surface area (Å²) in [6.07, 6.45) is 2.29. The fraction of sp³-hybridized carbons (Fsp3) is 0.211. The van der Waals surface area contributed by atoms with Gasteiger partial charge in [-0.2, -0.15) is 5.01 Å². The second-order valence-corrected chi connectivity index (χ2v) is 5.86. The Bertz CT molecular complexity index is 783. The van der Waals surface area contributed by atoms with E-state index in [4.69, 9.17) is 0 Å². The third kappa shape index (κ3) is 3.74. The molecule has 1 aliphatic heterocycles. The minimum absolute atomic E-state index is 0.203. The number of carbonyl (C=O) groups excluding carboxylic acids is 3. The zero-order valence-electron chi connectivity index (χ0n) is 13.5. The molecule has 0 radical (unpaired) electrons. The quantitative estimate of drug-likeness (QED) is 0.649. The molecule has 0 atom stereocenters. The molecule has 0 aromatic heterocycles. The van der Waals surface area contributed by atoms with Crippen LogP contribution in [0.2, 0.25) is 0 Å². The van der Waals surface area contributed by atoms with Gasteiger partial charge in [0.2, 0.25) is 5.91 Å². The van der Waals surface area contributed by atoms with Crippen LogP contribution in [-0.2, 0) is 11.2 Å². The molecule has 25 heavy (non-hydrogen) atoms. The number of aryl methyl sites for hydroxylation is 1. The number of nitrogens with one attached hydrogen (secondary N) is 1. The molecule has 3 amide bonds. The molecule has 2 aromatic rings. The van der Waals surface area contributed by atoms with E-state index in [0.29, 0.717) is 17.5 Å². The summed E-state index contributed by atoms with van der Waals surface area (Å²) in [6, 6.07) is 12.7. The number of carbonyl (C=O) groups is 3. The molecule has 1 aliphatic rings. The second-order valence-electron chi connectivity index (χ2n) is 5.86. The van der Waals surface area contributed by atoms with Crippen molar-refractivity contribution < 1.29 is 18.8 Å². The Morgan fingerprint density at radius 3 is 2.12 bits per heavy atom. The topological polar surface area (TPSA) is 66.5 Å². The summed E-state index contributed by atoms with van der Waals surface area (Å²) < 4.78 is 12.8. The maximum Gasteiger partial charge on any atom is 0.280 e. The van der Waals surface area contributed by atoms with Gasteiger partial charge in [0.25, 0.3) is 11.8 Å². The highest BCUT2D eigenvalue weighted by molar-refractivity contribution is 6.21. The van der Waals surface area contributed by atoms with Crippen LogP contribution in [0.1, 0.15) is 45.5 Å². The molecular formula is C19H17FN2O3. The Kier molecular flexibility index (Phi) is 4.88. The summed E-state index contributed by atoms with van der Waals surface area (Å²) in [7, 11) is 0. The molecule has 0 fully saturated rings. The Morgan fingerprint density at radius 2 is 1.52 bits per heavy atom. The van der Waals surface area contributed by atoms with Gasteiger partial charge in [0.1, 0.15) is 5.82 Å². The summed E-state index contributed by atoms with van der Waals surface area (Å²) in [4.78, 5) is 36.3. The largest absolute Gasteiger partial charge is 0.280 e. The van der Waals surface area contributed by atoms with Gasteiger partial charge in [0.05, 0.1) is 11.1 Å². The number of fused-ring (bicyclic) bond motifs is 1. The molecule has 0 unspecified atom stereocenters. The number of nitrogens with zero attached hydrogens (tertiary/aromatic N) is 1. The van der Waals surface area contributed by atoms with Crippen LogP contribution in [0, 0.1) is 5.82 Å². The maximum atomic E-state index is 12.8. The summed E-state index contributed by atoms with van der Waals surface area (Å²) in [5, 5.41) is 0.771. The Balaban J connectivity index is 1.46. The lowest BCUT2D eigenvalue weighted by Crippen LogP contribution is -2.45. The van der Waals surface area contributed by atoms with Crippen molar-refractivity contribution in [2.45, 2.75) is 25.7 Å². The average Bonchev–Trinajstić information content (AvgIpc) is 2.86. The summed E-state index contributed by atoms with van der Waals surface area (Å²) in [5.74, 6) is -1.68. The van der Waals surface area contributed by atoms with Crippen LogP contribution in [0.15, 0.2) is 48.5 Å². The Morgan fingerprint density at radius 1 is 0.920 bits per heavy atom. The molecule has 2 aromatic carbocycles. The number of hydrogen-bond donors (Lipinski definition) is 1. The van der Waals surface area contributed by atoms with Crippen LogP contribution in [0.3, 0.4) is 0 Å². The first kappa shape index (κ1) is 16.8. The van der Waals surface area contributed by atoms with E-state index in [-0.39, 0.29) is 18.1 Å². The lowest BCUT2D eigenvalue weighted by atomic mass is 10.1. The number of hydrazine groups is 1. The van der Waals surface area contributed by atoms with E-state index in [9.17, 15) is 18.8 Å². The van der Waals surface area contributed by atoms with E-state index in [1.165, 1.54) is 12.1 Å². The van der Waals surface area contributed by atoms with Gasteiger partial charge in [0, 0.05) is 6.42 Å². The smallest absolute Gasteiger partial charge is 0.273 e. The summed E-state index contributed by atoms with van der Waals surface area (Å²) >= 11 is 0. The third-order valence-electron chi connectivity index (χ3n) is 4.06. The van der Waals surface area contributed by atoms with Crippen molar-refractivity contribution in [2.24, 2.45) is 0 Å². The van der Waals surface area contributed by atoms with Gasteiger partial charge < -0.3 is 0 Å². The molecule has 128 valence electrons. The fourth-order valence-corrected chi connectivity index (χ4v) is 2.74. The highest BCUT2D eigenvalue weighted by Crippen LogP contribution is 2.20. The highest BCUT2D eigenvalue weighted by atomic mass is 19.1. The van der Waals surface area contributed by atoms with E-state index < -0.39 is 11.8 Å². The number of rotatable bonds is 6. The molecular weight excluding hydrogens is 323 g/mol. The lowest BCUT2D eigenvalue weighted by Gasteiger charge is -2.14. The van der Waals surface area contributed by atoms with Crippen molar-refractivity contribution in [3.63, 3.8) is 0 Å².